The van der Waals surface area contributed by atoms with E-state index in [1.807, 2.05) is 12.2 Å². The summed E-state index contributed by atoms with van der Waals surface area (Å²) in [5.41, 5.74) is 0. The number of hydrogen-bond donors (Lipinski definition) is 0. The summed E-state index contributed by atoms with van der Waals surface area (Å²) >= 11 is 0. The number of ether oxygens (including phenoxy) is 2. The van der Waals surface area contributed by atoms with E-state index in [0.717, 1.165) is 13.2 Å². The van der Waals surface area contributed by atoms with Gasteiger partial charge in [-0.25, -0.2) is 0 Å². The van der Waals surface area contributed by atoms with Crippen LogP contribution in [0.3, 0.4) is 0 Å². The van der Waals surface area contributed by atoms with Crippen LogP contribution in [0.4, 0.5) is 0 Å². The number of hydrogen-bond acceptors (Lipinski definition) is 2. The average molecular weight is 244 g/mol. The molecule has 0 amide bonds. The molecule has 0 aromatic rings. The van der Waals surface area contributed by atoms with Gasteiger partial charge >= 0.3 is 0 Å². The van der Waals surface area contributed by atoms with Gasteiger partial charge in [0.25, 0.3) is 0 Å². The smallest absolute Gasteiger partial charge is 0.0648 e. The van der Waals surface area contributed by atoms with Gasteiger partial charge in [0.1, 0.15) is 0 Å². The van der Waals surface area contributed by atoms with Gasteiger partial charge in [-0.1, -0.05) is 60.8 Å². The molecule has 0 radical (unpaired) electrons. The van der Waals surface area contributed by atoms with Crippen molar-refractivity contribution in [1.82, 2.24) is 0 Å². The molecule has 96 valence electrons. The maximum absolute atomic E-state index is 5.53. The molecule has 0 unspecified atom stereocenters. The van der Waals surface area contributed by atoms with Gasteiger partial charge in [-0.15, -0.1) is 0 Å². The van der Waals surface area contributed by atoms with E-state index in [4.69, 9.17) is 9.47 Å². The zero-order chi connectivity index (χ0) is 12.5. The van der Waals surface area contributed by atoms with Crippen LogP contribution in [0.2, 0.25) is 0 Å². The Hall–Kier alpha value is -1.38. The van der Waals surface area contributed by atoms with Crippen LogP contribution in [0.1, 0.15) is 0 Å². The molecule has 18 heavy (non-hydrogen) atoms. The lowest BCUT2D eigenvalue weighted by atomic mass is 10.2. The molecule has 2 aliphatic rings. The van der Waals surface area contributed by atoms with Crippen LogP contribution in [0, 0.1) is 11.8 Å². The van der Waals surface area contributed by atoms with E-state index in [1.165, 1.54) is 0 Å². The Bertz CT molecular complexity index is 315. The predicted molar refractivity (Wildman–Crippen MR) is 74.3 cm³/mol. The topological polar surface area (TPSA) is 18.5 Å². The molecule has 0 aromatic heterocycles. The van der Waals surface area contributed by atoms with Crippen molar-refractivity contribution in [2.75, 3.05) is 26.4 Å². The van der Waals surface area contributed by atoms with E-state index in [0.29, 0.717) is 25.0 Å². The summed E-state index contributed by atoms with van der Waals surface area (Å²) in [7, 11) is 0. The first-order chi connectivity index (χ1) is 8.95. The highest BCUT2D eigenvalue weighted by Crippen LogP contribution is 2.09. The molecule has 2 nitrogen and oxygen atoms in total. The van der Waals surface area contributed by atoms with Crippen molar-refractivity contribution < 1.29 is 9.47 Å². The maximum atomic E-state index is 5.53. The van der Waals surface area contributed by atoms with Crippen LogP contribution >= 0.6 is 0 Å². The summed E-state index contributed by atoms with van der Waals surface area (Å²) in [6.45, 7) is 2.83. The molecule has 0 bridgehead atoms. The zero-order valence-electron chi connectivity index (χ0n) is 10.6. The predicted octanol–water partition coefficient (Wildman–Crippen LogP) is 3.06. The van der Waals surface area contributed by atoms with Crippen molar-refractivity contribution in [2.45, 2.75) is 0 Å². The zero-order valence-corrected chi connectivity index (χ0v) is 10.6. The van der Waals surface area contributed by atoms with Crippen molar-refractivity contribution in [3.05, 3.63) is 60.8 Å². The summed E-state index contributed by atoms with van der Waals surface area (Å²) in [5, 5.41) is 0. The molecule has 0 aliphatic heterocycles. The highest BCUT2D eigenvalue weighted by atomic mass is 16.5. The Labute approximate surface area is 109 Å². The highest BCUT2D eigenvalue weighted by molar-refractivity contribution is 5.17. The number of allylic oxidation sites excluding steroid dienone is 4. The summed E-state index contributed by atoms with van der Waals surface area (Å²) in [5.74, 6) is 0.909. The molecule has 2 rings (SSSR count). The average Bonchev–Trinajstić information content (AvgIpc) is 3.05. The Morgan fingerprint density at radius 1 is 0.667 bits per heavy atom. The van der Waals surface area contributed by atoms with Gasteiger partial charge in [-0.05, 0) is 0 Å². The fraction of sp³-hybridized carbons (Fsp3) is 0.375. The minimum Gasteiger partial charge on any atom is -0.376 e. The molecular formula is C16H20O2. The van der Waals surface area contributed by atoms with E-state index in [9.17, 15) is 0 Å². The van der Waals surface area contributed by atoms with Gasteiger partial charge in [0.15, 0.2) is 0 Å². The molecule has 2 heteroatoms. The van der Waals surface area contributed by atoms with Crippen LogP contribution in [0.5, 0.6) is 0 Å². The summed E-state index contributed by atoms with van der Waals surface area (Å²) in [6.07, 6.45) is 20.9. The van der Waals surface area contributed by atoms with Gasteiger partial charge in [-0.3, -0.25) is 0 Å². The Morgan fingerprint density at radius 2 is 1.06 bits per heavy atom. The highest BCUT2D eigenvalue weighted by Gasteiger charge is 2.02. The van der Waals surface area contributed by atoms with Crippen molar-refractivity contribution in [3.8, 4) is 0 Å². The standard InChI is InChI=1S/C16H20O2/c1-2-8-15(7-1)13-17-11-5-6-12-18-14-16-9-3-4-10-16/h1-10,15-16H,11-14H2/b6-5+. The second kappa shape index (κ2) is 7.85. The normalized spacial score (nSPS) is 18.9. The lowest BCUT2D eigenvalue weighted by molar-refractivity contribution is 0.142. The van der Waals surface area contributed by atoms with Crippen LogP contribution in [0.15, 0.2) is 60.8 Å². The first-order valence-electron chi connectivity index (χ1n) is 6.45. The summed E-state index contributed by atoms with van der Waals surface area (Å²) in [4.78, 5) is 0. The molecule has 0 atom stereocenters. The largest absolute Gasteiger partial charge is 0.376 e. The Balaban J connectivity index is 1.42. The maximum Gasteiger partial charge on any atom is 0.0648 e. The fourth-order valence-corrected chi connectivity index (χ4v) is 1.86. The molecule has 0 heterocycles. The molecule has 0 saturated carbocycles. The van der Waals surface area contributed by atoms with Gasteiger partial charge < -0.3 is 9.47 Å². The second-order valence-electron chi connectivity index (χ2n) is 4.41. The van der Waals surface area contributed by atoms with Crippen LogP contribution < -0.4 is 0 Å². The van der Waals surface area contributed by atoms with E-state index >= 15 is 0 Å². The van der Waals surface area contributed by atoms with Crippen LogP contribution in [0.25, 0.3) is 0 Å². The molecule has 0 fully saturated rings. The third-order valence-electron chi connectivity index (χ3n) is 2.87. The molecule has 0 N–H and O–H groups in total. The molecule has 0 saturated heterocycles. The summed E-state index contributed by atoms with van der Waals surface area (Å²) in [6, 6.07) is 0. The molecule has 2 aliphatic carbocycles. The molecule has 0 spiro atoms. The first-order valence-corrected chi connectivity index (χ1v) is 6.45. The van der Waals surface area contributed by atoms with Crippen LogP contribution in [-0.4, -0.2) is 26.4 Å². The third kappa shape index (κ3) is 4.86. The first kappa shape index (κ1) is 13.1. The fourth-order valence-electron chi connectivity index (χ4n) is 1.86. The lowest BCUT2D eigenvalue weighted by Gasteiger charge is -2.05. The van der Waals surface area contributed by atoms with E-state index < -0.39 is 0 Å². The minimum absolute atomic E-state index is 0.454. The Morgan fingerprint density at radius 3 is 1.44 bits per heavy atom. The van der Waals surface area contributed by atoms with Crippen molar-refractivity contribution in [2.24, 2.45) is 11.8 Å². The third-order valence-corrected chi connectivity index (χ3v) is 2.87. The van der Waals surface area contributed by atoms with Crippen molar-refractivity contribution in [3.63, 3.8) is 0 Å². The van der Waals surface area contributed by atoms with E-state index in [2.05, 4.69) is 48.6 Å². The van der Waals surface area contributed by atoms with Gasteiger partial charge in [0, 0.05) is 11.8 Å². The monoisotopic (exact) mass is 244 g/mol. The van der Waals surface area contributed by atoms with Crippen molar-refractivity contribution >= 4 is 0 Å². The van der Waals surface area contributed by atoms with Gasteiger partial charge in [0.05, 0.1) is 26.4 Å². The number of rotatable bonds is 8. The minimum atomic E-state index is 0.454. The Kier molecular flexibility index (Phi) is 5.70. The van der Waals surface area contributed by atoms with Gasteiger partial charge in [-0.2, -0.15) is 0 Å². The second-order valence-corrected chi connectivity index (χ2v) is 4.41. The van der Waals surface area contributed by atoms with Crippen molar-refractivity contribution in [1.29, 1.82) is 0 Å². The quantitative estimate of drug-likeness (QED) is 0.482. The van der Waals surface area contributed by atoms with Crippen LogP contribution in [-0.2, 0) is 9.47 Å². The molecular weight excluding hydrogens is 224 g/mol. The lowest BCUT2D eigenvalue weighted by Crippen LogP contribution is -2.04. The van der Waals surface area contributed by atoms with E-state index in [-0.39, 0.29) is 0 Å². The summed E-state index contributed by atoms with van der Waals surface area (Å²) < 4.78 is 11.1. The van der Waals surface area contributed by atoms with Gasteiger partial charge in [0.2, 0.25) is 0 Å². The SMILES string of the molecule is C1=CC(COC/C=C/COCC2C=CC=C2)C=C1. The molecule has 0 aromatic carbocycles. The van der Waals surface area contributed by atoms with E-state index in [1.54, 1.807) is 0 Å².